The molecular formula is C16H23N3O4S2. The quantitative estimate of drug-likeness (QED) is 0.815. The molecule has 3 saturated heterocycles. The molecule has 25 heavy (non-hydrogen) atoms. The number of carbonyl (C=O) groups is 2. The monoisotopic (exact) mass is 385 g/mol. The predicted molar refractivity (Wildman–Crippen MR) is 97.4 cm³/mol. The summed E-state index contributed by atoms with van der Waals surface area (Å²) in [5, 5.41) is 2.01. The van der Waals surface area contributed by atoms with E-state index >= 15 is 0 Å². The van der Waals surface area contributed by atoms with E-state index < -0.39 is 10.6 Å². The summed E-state index contributed by atoms with van der Waals surface area (Å²) < 4.78 is 19.1. The second-order valence-electron chi connectivity index (χ2n) is 7.63. The summed E-state index contributed by atoms with van der Waals surface area (Å²) in [4.78, 5) is 33.0. The second kappa shape index (κ2) is 5.94. The van der Waals surface area contributed by atoms with E-state index in [0.717, 1.165) is 25.8 Å². The van der Waals surface area contributed by atoms with Crippen LogP contribution in [0.3, 0.4) is 0 Å². The van der Waals surface area contributed by atoms with Gasteiger partial charge in [0.2, 0.25) is 0 Å². The molecule has 1 aromatic heterocycles. The summed E-state index contributed by atoms with van der Waals surface area (Å²) >= 11 is 1.21. The van der Waals surface area contributed by atoms with Gasteiger partial charge in [0.25, 0.3) is 11.8 Å². The molecule has 4 heterocycles. The van der Waals surface area contributed by atoms with Gasteiger partial charge in [-0.1, -0.05) is 0 Å². The first-order chi connectivity index (χ1) is 11.8. The molecule has 0 saturated carbocycles. The molecule has 7 nitrogen and oxygen atoms in total. The van der Waals surface area contributed by atoms with Crippen LogP contribution in [-0.4, -0.2) is 72.9 Å². The zero-order valence-corrected chi connectivity index (χ0v) is 15.8. The lowest BCUT2D eigenvalue weighted by Crippen LogP contribution is -2.67. The highest BCUT2D eigenvalue weighted by Gasteiger charge is 2.57. The van der Waals surface area contributed by atoms with Gasteiger partial charge in [-0.15, -0.1) is 11.3 Å². The second-order valence-corrected chi connectivity index (χ2v) is 10.7. The van der Waals surface area contributed by atoms with Crippen LogP contribution < -0.4 is 0 Å². The summed E-state index contributed by atoms with van der Waals surface area (Å²) in [6, 6.07) is 0.218. The Morgan fingerprint density at radius 1 is 1.28 bits per heavy atom. The van der Waals surface area contributed by atoms with Crippen molar-refractivity contribution in [2.45, 2.75) is 32.2 Å². The van der Waals surface area contributed by atoms with Gasteiger partial charge in [-0.2, -0.15) is 10.6 Å². The molecule has 3 fully saturated rings. The third-order valence-corrected chi connectivity index (χ3v) is 8.36. The standard InChI is InChI=1S/C16H23N3O4S2/c1-11-4-2-3-5-19(11)14(20)12-6-24-13(17-12)15(21)18-7-16(8-18)9-25(22,23)10-16/h6,11,22-23H,2-5,7-10H2,1H3. The van der Waals surface area contributed by atoms with Crippen molar-refractivity contribution in [1.29, 1.82) is 0 Å². The molecule has 2 N–H and O–H groups in total. The number of likely N-dealkylation sites (tertiary alicyclic amines) is 2. The molecule has 3 aliphatic rings. The molecule has 1 atom stereocenters. The average molecular weight is 386 g/mol. The van der Waals surface area contributed by atoms with Crippen LogP contribution in [0, 0.1) is 5.41 Å². The van der Waals surface area contributed by atoms with Crippen LogP contribution in [-0.2, 0) is 0 Å². The largest absolute Gasteiger partial charge is 0.335 e. The van der Waals surface area contributed by atoms with Gasteiger partial charge >= 0.3 is 0 Å². The Hall–Kier alpha value is -1.16. The molecule has 1 aromatic rings. The van der Waals surface area contributed by atoms with E-state index in [9.17, 15) is 18.7 Å². The topological polar surface area (TPSA) is 94.0 Å². The fourth-order valence-electron chi connectivity index (χ4n) is 4.18. The fourth-order valence-corrected chi connectivity index (χ4v) is 7.18. The summed E-state index contributed by atoms with van der Waals surface area (Å²) in [7, 11) is -2.39. The highest BCUT2D eigenvalue weighted by atomic mass is 32.3. The van der Waals surface area contributed by atoms with Crippen molar-refractivity contribution in [3.05, 3.63) is 16.1 Å². The molecule has 1 unspecified atom stereocenters. The first-order valence-corrected chi connectivity index (χ1v) is 11.3. The molecule has 9 heteroatoms. The van der Waals surface area contributed by atoms with Crippen molar-refractivity contribution in [2.24, 2.45) is 5.41 Å². The number of hydrogen-bond donors (Lipinski definition) is 2. The third kappa shape index (κ3) is 3.07. The minimum atomic E-state index is -2.39. The SMILES string of the molecule is CC1CCCCN1C(=O)c1csc(C(=O)N2CC3(C2)CS(O)(O)C3)n1. The van der Waals surface area contributed by atoms with Crippen LogP contribution in [0.1, 0.15) is 46.5 Å². The van der Waals surface area contributed by atoms with E-state index in [-0.39, 0.29) is 23.3 Å². The maximum atomic E-state index is 12.6. The molecule has 2 amide bonds. The van der Waals surface area contributed by atoms with E-state index in [0.29, 0.717) is 35.3 Å². The zero-order valence-electron chi connectivity index (χ0n) is 14.2. The summed E-state index contributed by atoms with van der Waals surface area (Å²) in [6.07, 6.45) is 3.17. The van der Waals surface area contributed by atoms with E-state index in [1.807, 2.05) is 4.90 Å². The molecule has 0 bridgehead atoms. The summed E-state index contributed by atoms with van der Waals surface area (Å²) in [6.45, 7) is 3.90. The maximum absolute atomic E-state index is 12.6. The van der Waals surface area contributed by atoms with Crippen LogP contribution in [0.4, 0.5) is 0 Å². The van der Waals surface area contributed by atoms with Crippen LogP contribution in [0.15, 0.2) is 5.38 Å². The van der Waals surface area contributed by atoms with Gasteiger partial charge in [0.1, 0.15) is 5.69 Å². The van der Waals surface area contributed by atoms with Gasteiger partial charge in [-0.25, -0.2) is 4.98 Å². The number of amides is 2. The number of aromatic nitrogens is 1. The van der Waals surface area contributed by atoms with Crippen molar-refractivity contribution in [3.63, 3.8) is 0 Å². The molecule has 3 aliphatic heterocycles. The lowest BCUT2D eigenvalue weighted by Gasteiger charge is -2.63. The Morgan fingerprint density at radius 2 is 2.00 bits per heavy atom. The Labute approximate surface area is 152 Å². The number of rotatable bonds is 2. The fraction of sp³-hybridized carbons (Fsp3) is 0.688. The summed E-state index contributed by atoms with van der Waals surface area (Å²) in [5.41, 5.74) is 0.253. The van der Waals surface area contributed by atoms with Gasteiger partial charge in [-0.05, 0) is 26.2 Å². The number of nitrogens with zero attached hydrogens (tertiary/aromatic N) is 3. The predicted octanol–water partition coefficient (Wildman–Crippen LogP) is 2.36. The van der Waals surface area contributed by atoms with Gasteiger partial charge < -0.3 is 9.80 Å². The van der Waals surface area contributed by atoms with Gasteiger partial charge in [-0.3, -0.25) is 18.7 Å². The van der Waals surface area contributed by atoms with Crippen LogP contribution in [0.2, 0.25) is 0 Å². The Bertz CT molecular complexity index is 704. The molecular weight excluding hydrogens is 362 g/mol. The van der Waals surface area contributed by atoms with E-state index in [2.05, 4.69) is 11.9 Å². The first kappa shape index (κ1) is 17.3. The average Bonchev–Trinajstić information content (AvgIpc) is 2.99. The highest BCUT2D eigenvalue weighted by molar-refractivity contribution is 8.25. The smallest absolute Gasteiger partial charge is 0.282 e. The molecule has 1 spiro atoms. The van der Waals surface area contributed by atoms with E-state index in [4.69, 9.17) is 0 Å². The van der Waals surface area contributed by atoms with Gasteiger partial charge in [0, 0.05) is 48.0 Å². The Kier molecular flexibility index (Phi) is 4.10. The number of hydrogen-bond acceptors (Lipinski definition) is 6. The van der Waals surface area contributed by atoms with Crippen molar-refractivity contribution in [3.8, 4) is 0 Å². The lowest BCUT2D eigenvalue weighted by molar-refractivity contribution is 0.0173. The van der Waals surface area contributed by atoms with Crippen molar-refractivity contribution in [2.75, 3.05) is 31.1 Å². The van der Waals surface area contributed by atoms with Crippen LogP contribution >= 0.6 is 21.9 Å². The van der Waals surface area contributed by atoms with Gasteiger partial charge in [0.15, 0.2) is 5.01 Å². The molecule has 138 valence electrons. The van der Waals surface area contributed by atoms with Crippen molar-refractivity contribution < 1.29 is 18.7 Å². The minimum Gasteiger partial charge on any atom is -0.335 e. The van der Waals surface area contributed by atoms with E-state index in [1.54, 1.807) is 10.3 Å². The Morgan fingerprint density at radius 3 is 2.64 bits per heavy atom. The molecule has 0 aliphatic carbocycles. The maximum Gasteiger partial charge on any atom is 0.282 e. The first-order valence-electron chi connectivity index (χ1n) is 8.58. The zero-order chi connectivity index (χ0) is 17.8. The molecule has 4 rings (SSSR count). The number of thiazole rings is 1. The molecule has 0 aromatic carbocycles. The number of piperidine rings is 1. The van der Waals surface area contributed by atoms with E-state index in [1.165, 1.54) is 11.3 Å². The highest BCUT2D eigenvalue weighted by Crippen LogP contribution is 2.62. The van der Waals surface area contributed by atoms with Crippen LogP contribution in [0.25, 0.3) is 0 Å². The van der Waals surface area contributed by atoms with Crippen LogP contribution in [0.5, 0.6) is 0 Å². The van der Waals surface area contributed by atoms with Gasteiger partial charge in [0.05, 0.1) is 0 Å². The Balaban J connectivity index is 1.38. The van der Waals surface area contributed by atoms with Crippen molar-refractivity contribution >= 4 is 33.7 Å². The number of carbonyl (C=O) groups excluding carboxylic acids is 2. The normalized spacial score (nSPS) is 28.2. The third-order valence-electron chi connectivity index (χ3n) is 5.38. The summed E-state index contributed by atoms with van der Waals surface area (Å²) in [5.74, 6) is 0.552. The lowest BCUT2D eigenvalue weighted by atomic mass is 9.83. The van der Waals surface area contributed by atoms with Crippen molar-refractivity contribution in [1.82, 2.24) is 14.8 Å². The minimum absolute atomic E-state index is 0.0875. The molecule has 0 radical (unpaired) electrons.